The monoisotopic (exact) mass is 369 g/mol. The van der Waals surface area contributed by atoms with E-state index in [0.717, 1.165) is 10.0 Å². The summed E-state index contributed by atoms with van der Waals surface area (Å²) in [5, 5.41) is 9.13. The van der Waals surface area contributed by atoms with Crippen molar-refractivity contribution in [2.45, 2.75) is 25.0 Å². The standard InChI is InChI=1S/C15H16BrNO3S/c1-11-2-3-13(10-18)8-15(11)21(19,20)17-9-12-4-6-14(16)7-5-12/h2-8,17-18H,9-10H2,1H3. The van der Waals surface area contributed by atoms with E-state index >= 15 is 0 Å². The largest absolute Gasteiger partial charge is 0.392 e. The molecule has 0 radical (unpaired) electrons. The lowest BCUT2D eigenvalue weighted by Crippen LogP contribution is -2.24. The van der Waals surface area contributed by atoms with Crippen LogP contribution in [0.5, 0.6) is 0 Å². The molecule has 0 saturated heterocycles. The molecule has 112 valence electrons. The van der Waals surface area contributed by atoms with E-state index < -0.39 is 10.0 Å². The third-order valence-electron chi connectivity index (χ3n) is 3.10. The van der Waals surface area contributed by atoms with Crippen molar-refractivity contribution in [3.63, 3.8) is 0 Å². The van der Waals surface area contributed by atoms with Gasteiger partial charge >= 0.3 is 0 Å². The van der Waals surface area contributed by atoms with Crippen LogP contribution in [0.4, 0.5) is 0 Å². The van der Waals surface area contributed by atoms with Gasteiger partial charge in [-0.25, -0.2) is 13.1 Å². The Bertz CT molecular complexity index is 727. The van der Waals surface area contributed by atoms with Gasteiger partial charge in [0.1, 0.15) is 0 Å². The highest BCUT2D eigenvalue weighted by atomic mass is 79.9. The third-order valence-corrected chi connectivity index (χ3v) is 5.18. The van der Waals surface area contributed by atoms with Gasteiger partial charge in [-0.05, 0) is 41.8 Å². The Morgan fingerprint density at radius 2 is 1.71 bits per heavy atom. The molecular weight excluding hydrogens is 354 g/mol. The summed E-state index contributed by atoms with van der Waals surface area (Å²) in [6, 6.07) is 12.3. The predicted molar refractivity (Wildman–Crippen MR) is 85.3 cm³/mol. The number of hydrogen-bond donors (Lipinski definition) is 2. The van der Waals surface area contributed by atoms with Crippen molar-refractivity contribution < 1.29 is 13.5 Å². The lowest BCUT2D eigenvalue weighted by Gasteiger charge is -2.10. The summed E-state index contributed by atoms with van der Waals surface area (Å²) in [6.45, 7) is 1.77. The molecule has 0 amide bonds. The highest BCUT2D eigenvalue weighted by Crippen LogP contribution is 2.18. The smallest absolute Gasteiger partial charge is 0.241 e. The minimum absolute atomic E-state index is 0.185. The van der Waals surface area contributed by atoms with Gasteiger partial charge in [0.25, 0.3) is 0 Å². The van der Waals surface area contributed by atoms with Gasteiger partial charge in [0.15, 0.2) is 0 Å². The van der Waals surface area contributed by atoms with Gasteiger partial charge in [-0.3, -0.25) is 0 Å². The first kappa shape index (κ1) is 16.2. The molecule has 0 atom stereocenters. The molecule has 0 aliphatic rings. The maximum atomic E-state index is 12.4. The van der Waals surface area contributed by atoms with Gasteiger partial charge in [-0.2, -0.15) is 0 Å². The zero-order valence-corrected chi connectivity index (χ0v) is 13.9. The number of sulfonamides is 1. The molecule has 2 N–H and O–H groups in total. The first-order valence-corrected chi connectivity index (χ1v) is 8.64. The van der Waals surface area contributed by atoms with Gasteiger partial charge < -0.3 is 5.11 Å². The van der Waals surface area contributed by atoms with E-state index in [9.17, 15) is 8.42 Å². The van der Waals surface area contributed by atoms with Crippen molar-refractivity contribution >= 4 is 26.0 Å². The van der Waals surface area contributed by atoms with Crippen LogP contribution >= 0.6 is 15.9 Å². The van der Waals surface area contributed by atoms with E-state index in [1.165, 1.54) is 6.07 Å². The van der Waals surface area contributed by atoms with E-state index in [4.69, 9.17) is 5.11 Å². The lowest BCUT2D eigenvalue weighted by molar-refractivity contribution is 0.281. The first-order chi connectivity index (χ1) is 9.92. The highest BCUT2D eigenvalue weighted by molar-refractivity contribution is 9.10. The van der Waals surface area contributed by atoms with Crippen molar-refractivity contribution in [1.29, 1.82) is 0 Å². The molecule has 0 saturated carbocycles. The molecule has 2 aromatic rings. The molecule has 0 bridgehead atoms. The fourth-order valence-corrected chi connectivity index (χ4v) is 3.47. The summed E-state index contributed by atoms with van der Waals surface area (Å²) in [4.78, 5) is 0.200. The quantitative estimate of drug-likeness (QED) is 0.851. The zero-order valence-electron chi connectivity index (χ0n) is 11.5. The molecule has 2 aromatic carbocycles. The zero-order chi connectivity index (χ0) is 15.5. The molecule has 0 aliphatic heterocycles. The molecule has 6 heteroatoms. The summed E-state index contributed by atoms with van der Waals surface area (Å²) >= 11 is 3.34. The predicted octanol–water partition coefficient (Wildman–Crippen LogP) is 2.73. The summed E-state index contributed by atoms with van der Waals surface area (Å²) < 4.78 is 28.2. The molecule has 4 nitrogen and oxygen atoms in total. The number of nitrogens with one attached hydrogen (secondary N) is 1. The normalized spacial score (nSPS) is 11.6. The maximum absolute atomic E-state index is 12.4. The second-order valence-electron chi connectivity index (χ2n) is 4.71. The second-order valence-corrected chi connectivity index (χ2v) is 7.36. The Labute approximate surface area is 133 Å². The Morgan fingerprint density at radius 1 is 1.10 bits per heavy atom. The molecular formula is C15H16BrNO3S. The van der Waals surface area contributed by atoms with Gasteiger partial charge in [0.05, 0.1) is 11.5 Å². The molecule has 0 aliphatic carbocycles. The summed E-state index contributed by atoms with van der Waals surface area (Å²) in [5.41, 5.74) is 2.10. The van der Waals surface area contributed by atoms with E-state index in [2.05, 4.69) is 20.7 Å². The Balaban J connectivity index is 2.20. The van der Waals surface area contributed by atoms with Gasteiger partial charge in [0.2, 0.25) is 10.0 Å². The molecule has 0 aromatic heterocycles. The third kappa shape index (κ3) is 4.14. The van der Waals surface area contributed by atoms with Crippen LogP contribution < -0.4 is 4.72 Å². The number of rotatable bonds is 5. The van der Waals surface area contributed by atoms with Crippen LogP contribution in [-0.2, 0) is 23.2 Å². The average molecular weight is 370 g/mol. The maximum Gasteiger partial charge on any atom is 0.241 e. The Kier molecular flexibility index (Phi) is 5.16. The van der Waals surface area contributed by atoms with Crippen molar-refractivity contribution in [3.05, 3.63) is 63.6 Å². The minimum atomic E-state index is -3.60. The number of aliphatic hydroxyl groups excluding tert-OH is 1. The van der Waals surface area contributed by atoms with Crippen LogP contribution in [0.25, 0.3) is 0 Å². The molecule has 0 fully saturated rings. The lowest BCUT2D eigenvalue weighted by atomic mass is 10.2. The fraction of sp³-hybridized carbons (Fsp3) is 0.200. The number of aryl methyl sites for hydroxylation is 1. The molecule has 2 rings (SSSR count). The first-order valence-electron chi connectivity index (χ1n) is 6.37. The van der Waals surface area contributed by atoms with Crippen molar-refractivity contribution in [3.8, 4) is 0 Å². The molecule has 21 heavy (non-hydrogen) atoms. The minimum Gasteiger partial charge on any atom is -0.392 e. The van der Waals surface area contributed by atoms with E-state index in [1.54, 1.807) is 19.1 Å². The second kappa shape index (κ2) is 6.70. The molecule has 0 heterocycles. The number of aliphatic hydroxyl groups is 1. The molecule has 0 spiro atoms. The average Bonchev–Trinajstić information content (AvgIpc) is 2.47. The van der Waals surface area contributed by atoms with Crippen LogP contribution in [0.1, 0.15) is 16.7 Å². The fourth-order valence-electron chi connectivity index (χ4n) is 1.89. The van der Waals surface area contributed by atoms with Crippen LogP contribution in [0.15, 0.2) is 51.8 Å². The number of halogens is 1. The number of benzene rings is 2. The van der Waals surface area contributed by atoms with Crippen molar-refractivity contribution in [1.82, 2.24) is 4.72 Å². The van der Waals surface area contributed by atoms with Gasteiger partial charge in [-0.1, -0.05) is 40.2 Å². The van der Waals surface area contributed by atoms with E-state index in [0.29, 0.717) is 11.1 Å². The van der Waals surface area contributed by atoms with Crippen LogP contribution in [0.3, 0.4) is 0 Å². The Morgan fingerprint density at radius 3 is 2.33 bits per heavy atom. The van der Waals surface area contributed by atoms with Crippen LogP contribution in [-0.4, -0.2) is 13.5 Å². The van der Waals surface area contributed by atoms with Gasteiger partial charge in [0, 0.05) is 11.0 Å². The molecule has 0 unspecified atom stereocenters. The summed E-state index contributed by atoms with van der Waals surface area (Å²) in [6.07, 6.45) is 0. The van der Waals surface area contributed by atoms with Gasteiger partial charge in [-0.15, -0.1) is 0 Å². The van der Waals surface area contributed by atoms with Crippen LogP contribution in [0.2, 0.25) is 0 Å². The van der Waals surface area contributed by atoms with Crippen LogP contribution in [0, 0.1) is 6.92 Å². The Hall–Kier alpha value is -1.21. The van der Waals surface area contributed by atoms with Crippen molar-refractivity contribution in [2.24, 2.45) is 0 Å². The van der Waals surface area contributed by atoms with E-state index in [-0.39, 0.29) is 18.0 Å². The highest BCUT2D eigenvalue weighted by Gasteiger charge is 2.17. The number of hydrogen-bond acceptors (Lipinski definition) is 3. The van der Waals surface area contributed by atoms with Crippen molar-refractivity contribution in [2.75, 3.05) is 0 Å². The summed E-state index contributed by atoms with van der Waals surface area (Å²) in [5.74, 6) is 0. The SMILES string of the molecule is Cc1ccc(CO)cc1S(=O)(=O)NCc1ccc(Br)cc1. The topological polar surface area (TPSA) is 66.4 Å². The summed E-state index contributed by atoms with van der Waals surface area (Å²) in [7, 11) is -3.60. The van der Waals surface area contributed by atoms with E-state index in [1.807, 2.05) is 24.3 Å².